The summed E-state index contributed by atoms with van der Waals surface area (Å²) >= 11 is 6.66. The Kier molecular flexibility index (Phi) is 5.47. The molecular weight excluding hydrogens is 276 g/mol. The van der Waals surface area contributed by atoms with Crippen molar-refractivity contribution >= 4 is 11.6 Å². The molecule has 0 bridgehead atoms. The minimum atomic E-state index is 0.0447. The molecule has 0 saturated heterocycles. The maximum Gasteiger partial charge on any atom is 0.0625 e. The van der Waals surface area contributed by atoms with Crippen LogP contribution in [0.3, 0.4) is 0 Å². The highest BCUT2D eigenvalue weighted by Gasteiger charge is 2.11. The lowest BCUT2D eigenvalue weighted by atomic mass is 9.95. The zero-order valence-corrected chi connectivity index (χ0v) is 14.3. The van der Waals surface area contributed by atoms with Gasteiger partial charge in [-0.1, -0.05) is 50.2 Å². The van der Waals surface area contributed by atoms with Crippen LogP contribution < -0.4 is 0 Å². The molecule has 0 amide bonds. The van der Waals surface area contributed by atoms with Gasteiger partial charge in [0.2, 0.25) is 0 Å². The molecule has 21 heavy (non-hydrogen) atoms. The summed E-state index contributed by atoms with van der Waals surface area (Å²) in [6.45, 7) is 8.73. The summed E-state index contributed by atoms with van der Waals surface area (Å²) in [4.78, 5) is 0. The molecule has 1 heteroatoms. The summed E-state index contributed by atoms with van der Waals surface area (Å²) < 4.78 is 0. The number of benzene rings is 2. The molecule has 0 nitrogen and oxygen atoms in total. The van der Waals surface area contributed by atoms with Crippen molar-refractivity contribution < 1.29 is 0 Å². The standard InChI is InChI=1S/C20H25Cl/c1-5-17-9-10-19(13-18(17)6-2)20(21)12-16-8-7-14(3)15(4)11-16/h7-11,13,20H,5-6,12H2,1-4H3. The highest BCUT2D eigenvalue weighted by Crippen LogP contribution is 2.28. The quantitative estimate of drug-likeness (QED) is 0.598. The smallest absolute Gasteiger partial charge is 0.0625 e. The van der Waals surface area contributed by atoms with Crippen molar-refractivity contribution in [3.8, 4) is 0 Å². The van der Waals surface area contributed by atoms with E-state index in [1.807, 2.05) is 0 Å². The van der Waals surface area contributed by atoms with Crippen molar-refractivity contribution in [1.29, 1.82) is 0 Å². The zero-order valence-electron chi connectivity index (χ0n) is 13.5. The van der Waals surface area contributed by atoms with Gasteiger partial charge in [-0.2, -0.15) is 0 Å². The van der Waals surface area contributed by atoms with Crippen LogP contribution in [0.5, 0.6) is 0 Å². The van der Waals surface area contributed by atoms with Crippen LogP contribution in [0, 0.1) is 13.8 Å². The van der Waals surface area contributed by atoms with Gasteiger partial charge in [0, 0.05) is 0 Å². The van der Waals surface area contributed by atoms with Crippen molar-refractivity contribution in [3.63, 3.8) is 0 Å². The second-order valence-corrected chi connectivity index (χ2v) is 6.35. The number of hydrogen-bond donors (Lipinski definition) is 0. The predicted octanol–water partition coefficient (Wildman–Crippen LogP) is 5.95. The lowest BCUT2D eigenvalue weighted by molar-refractivity contribution is 0.906. The fourth-order valence-electron chi connectivity index (χ4n) is 2.77. The first-order chi connectivity index (χ1) is 10.0. The van der Waals surface area contributed by atoms with Gasteiger partial charge in [-0.15, -0.1) is 11.6 Å². The van der Waals surface area contributed by atoms with E-state index in [4.69, 9.17) is 11.6 Å². The van der Waals surface area contributed by atoms with Gasteiger partial charge in [0.05, 0.1) is 5.38 Å². The average Bonchev–Trinajstić information content (AvgIpc) is 2.50. The Bertz CT molecular complexity index is 613. The van der Waals surface area contributed by atoms with E-state index in [0.29, 0.717) is 0 Å². The van der Waals surface area contributed by atoms with Crippen LogP contribution >= 0.6 is 11.6 Å². The molecule has 112 valence electrons. The second kappa shape index (κ2) is 7.13. The molecule has 0 aliphatic heterocycles. The molecular formula is C20H25Cl. The minimum Gasteiger partial charge on any atom is -0.117 e. The van der Waals surface area contributed by atoms with E-state index < -0.39 is 0 Å². The van der Waals surface area contributed by atoms with Crippen LogP contribution in [0.2, 0.25) is 0 Å². The lowest BCUT2D eigenvalue weighted by Crippen LogP contribution is -2.00. The van der Waals surface area contributed by atoms with Crippen molar-refractivity contribution in [2.24, 2.45) is 0 Å². The molecule has 0 aromatic heterocycles. The predicted molar refractivity (Wildman–Crippen MR) is 93.4 cm³/mol. The maximum atomic E-state index is 6.66. The van der Waals surface area contributed by atoms with Crippen molar-refractivity contribution in [1.82, 2.24) is 0 Å². The van der Waals surface area contributed by atoms with E-state index >= 15 is 0 Å². The molecule has 0 N–H and O–H groups in total. The van der Waals surface area contributed by atoms with Gasteiger partial charge in [0.1, 0.15) is 0 Å². The fraction of sp³-hybridized carbons (Fsp3) is 0.400. The molecule has 2 aromatic carbocycles. The van der Waals surface area contributed by atoms with Gasteiger partial charge < -0.3 is 0 Å². The molecule has 0 radical (unpaired) electrons. The van der Waals surface area contributed by atoms with E-state index in [2.05, 4.69) is 64.1 Å². The number of hydrogen-bond acceptors (Lipinski definition) is 0. The second-order valence-electron chi connectivity index (χ2n) is 5.83. The lowest BCUT2D eigenvalue weighted by Gasteiger charge is -2.14. The zero-order chi connectivity index (χ0) is 15.4. The Morgan fingerprint density at radius 2 is 1.57 bits per heavy atom. The van der Waals surface area contributed by atoms with E-state index in [-0.39, 0.29) is 5.38 Å². The monoisotopic (exact) mass is 300 g/mol. The van der Waals surface area contributed by atoms with Gasteiger partial charge in [-0.25, -0.2) is 0 Å². The summed E-state index contributed by atoms with van der Waals surface area (Å²) in [5, 5.41) is 0.0447. The number of rotatable bonds is 5. The summed E-state index contributed by atoms with van der Waals surface area (Å²) in [6, 6.07) is 13.4. The Morgan fingerprint density at radius 3 is 2.19 bits per heavy atom. The Hall–Kier alpha value is -1.27. The van der Waals surface area contributed by atoms with Crippen LogP contribution in [0.25, 0.3) is 0 Å². The van der Waals surface area contributed by atoms with Gasteiger partial charge in [0.25, 0.3) is 0 Å². The van der Waals surface area contributed by atoms with Crippen molar-refractivity contribution in [3.05, 3.63) is 69.8 Å². The maximum absolute atomic E-state index is 6.66. The molecule has 1 unspecified atom stereocenters. The summed E-state index contributed by atoms with van der Waals surface area (Å²) in [5.74, 6) is 0. The highest BCUT2D eigenvalue weighted by molar-refractivity contribution is 6.20. The third kappa shape index (κ3) is 3.89. The molecule has 0 fully saturated rings. The van der Waals surface area contributed by atoms with E-state index in [9.17, 15) is 0 Å². The van der Waals surface area contributed by atoms with Gasteiger partial charge in [-0.05, 0) is 66.5 Å². The highest BCUT2D eigenvalue weighted by atomic mass is 35.5. The Balaban J connectivity index is 2.19. The molecule has 0 saturated carbocycles. The third-order valence-corrected chi connectivity index (χ3v) is 4.75. The largest absolute Gasteiger partial charge is 0.117 e. The summed E-state index contributed by atoms with van der Waals surface area (Å²) in [5.41, 5.74) is 8.11. The Morgan fingerprint density at radius 1 is 0.857 bits per heavy atom. The van der Waals surface area contributed by atoms with Crippen molar-refractivity contribution in [2.45, 2.75) is 52.3 Å². The third-order valence-electron chi connectivity index (χ3n) is 4.34. The van der Waals surface area contributed by atoms with Crippen molar-refractivity contribution in [2.75, 3.05) is 0 Å². The van der Waals surface area contributed by atoms with Crippen LogP contribution in [0.1, 0.15) is 52.6 Å². The summed E-state index contributed by atoms with van der Waals surface area (Å²) in [7, 11) is 0. The number of alkyl halides is 1. The minimum absolute atomic E-state index is 0.0447. The summed E-state index contributed by atoms with van der Waals surface area (Å²) in [6.07, 6.45) is 3.05. The fourth-order valence-corrected chi connectivity index (χ4v) is 3.08. The van der Waals surface area contributed by atoms with Gasteiger partial charge >= 0.3 is 0 Å². The van der Waals surface area contributed by atoms with E-state index in [1.165, 1.54) is 33.4 Å². The van der Waals surface area contributed by atoms with Crippen LogP contribution in [-0.2, 0) is 19.3 Å². The van der Waals surface area contributed by atoms with Crippen LogP contribution in [0.15, 0.2) is 36.4 Å². The van der Waals surface area contributed by atoms with E-state index in [0.717, 1.165) is 19.3 Å². The van der Waals surface area contributed by atoms with E-state index in [1.54, 1.807) is 0 Å². The van der Waals surface area contributed by atoms with Crippen LogP contribution in [-0.4, -0.2) is 0 Å². The molecule has 0 aliphatic carbocycles. The number of halogens is 1. The number of aryl methyl sites for hydroxylation is 4. The van der Waals surface area contributed by atoms with Gasteiger partial charge in [-0.3, -0.25) is 0 Å². The molecule has 0 spiro atoms. The molecule has 0 aliphatic rings. The van der Waals surface area contributed by atoms with Crippen LogP contribution in [0.4, 0.5) is 0 Å². The first kappa shape index (κ1) is 16.1. The molecule has 1 atom stereocenters. The normalized spacial score (nSPS) is 12.4. The molecule has 0 heterocycles. The topological polar surface area (TPSA) is 0 Å². The molecule has 2 rings (SSSR count). The van der Waals surface area contributed by atoms with Gasteiger partial charge in [0.15, 0.2) is 0 Å². The molecule has 2 aromatic rings. The Labute approximate surface area is 134 Å². The first-order valence-electron chi connectivity index (χ1n) is 7.87. The average molecular weight is 301 g/mol. The first-order valence-corrected chi connectivity index (χ1v) is 8.30. The SMILES string of the molecule is CCc1ccc(C(Cl)Cc2ccc(C)c(C)c2)cc1CC.